The molecule has 0 amide bonds. The van der Waals surface area contributed by atoms with Crippen molar-refractivity contribution in [2.24, 2.45) is 0 Å². The topological polar surface area (TPSA) is 48.1 Å². The van der Waals surface area contributed by atoms with Gasteiger partial charge in [0, 0.05) is 7.11 Å². The van der Waals surface area contributed by atoms with Gasteiger partial charge < -0.3 is 14.2 Å². The standard InChI is InChI=1S/C12H22O4/c1-5-8-12(10(13)15-7-3)11(6-2,16-12)9-14-4/h5-9H2,1-4H3. The Labute approximate surface area is 97.2 Å². The molecule has 0 N–H and O–H groups in total. The fourth-order valence-electron chi connectivity index (χ4n) is 2.36. The molecule has 0 aromatic rings. The summed E-state index contributed by atoms with van der Waals surface area (Å²) in [4.78, 5) is 12.0. The van der Waals surface area contributed by atoms with Gasteiger partial charge in [-0.25, -0.2) is 4.79 Å². The normalized spacial score (nSPS) is 32.5. The first-order valence-electron chi connectivity index (χ1n) is 5.98. The van der Waals surface area contributed by atoms with Gasteiger partial charge in [0.25, 0.3) is 0 Å². The summed E-state index contributed by atoms with van der Waals surface area (Å²) >= 11 is 0. The Morgan fingerprint density at radius 1 is 1.31 bits per heavy atom. The second kappa shape index (κ2) is 5.15. The molecule has 1 rings (SSSR count). The zero-order valence-electron chi connectivity index (χ0n) is 10.7. The number of hydrogen-bond acceptors (Lipinski definition) is 4. The highest BCUT2D eigenvalue weighted by atomic mass is 16.7. The Hall–Kier alpha value is -0.610. The fourth-order valence-corrected chi connectivity index (χ4v) is 2.36. The average Bonchev–Trinajstić information content (AvgIpc) is 2.90. The van der Waals surface area contributed by atoms with Crippen LogP contribution in [0.15, 0.2) is 0 Å². The number of rotatable bonds is 7. The van der Waals surface area contributed by atoms with Gasteiger partial charge >= 0.3 is 5.97 Å². The van der Waals surface area contributed by atoms with Gasteiger partial charge in [0.15, 0.2) is 5.60 Å². The van der Waals surface area contributed by atoms with Crippen LogP contribution in [0.4, 0.5) is 0 Å². The van der Waals surface area contributed by atoms with E-state index in [1.165, 1.54) is 0 Å². The highest BCUT2D eigenvalue weighted by Gasteiger charge is 2.73. The van der Waals surface area contributed by atoms with Gasteiger partial charge in [0.2, 0.25) is 0 Å². The van der Waals surface area contributed by atoms with Gasteiger partial charge in [-0.2, -0.15) is 0 Å². The van der Waals surface area contributed by atoms with Crippen LogP contribution < -0.4 is 0 Å². The Bertz CT molecular complexity index is 253. The summed E-state index contributed by atoms with van der Waals surface area (Å²) in [5, 5.41) is 0. The largest absolute Gasteiger partial charge is 0.464 e. The van der Waals surface area contributed by atoms with Crippen molar-refractivity contribution in [1.29, 1.82) is 0 Å². The zero-order chi connectivity index (χ0) is 12.2. The van der Waals surface area contributed by atoms with Gasteiger partial charge in [0.1, 0.15) is 5.60 Å². The van der Waals surface area contributed by atoms with Crippen LogP contribution in [0.3, 0.4) is 0 Å². The Morgan fingerprint density at radius 2 is 2.00 bits per heavy atom. The summed E-state index contributed by atoms with van der Waals surface area (Å²) in [6, 6.07) is 0. The van der Waals surface area contributed by atoms with Gasteiger partial charge in [0.05, 0.1) is 13.2 Å². The molecule has 1 saturated heterocycles. The summed E-state index contributed by atoms with van der Waals surface area (Å²) in [7, 11) is 1.63. The molecule has 2 unspecified atom stereocenters. The van der Waals surface area contributed by atoms with Gasteiger partial charge in [-0.05, 0) is 19.8 Å². The van der Waals surface area contributed by atoms with Crippen LogP contribution in [0.25, 0.3) is 0 Å². The summed E-state index contributed by atoms with van der Waals surface area (Å²) in [6.07, 6.45) is 2.35. The van der Waals surface area contributed by atoms with Gasteiger partial charge in [-0.15, -0.1) is 0 Å². The lowest BCUT2D eigenvalue weighted by molar-refractivity contribution is -0.150. The number of hydrogen-bond donors (Lipinski definition) is 0. The molecule has 0 aromatic carbocycles. The number of carbonyl (C=O) groups is 1. The highest BCUT2D eigenvalue weighted by molar-refractivity contribution is 5.85. The average molecular weight is 230 g/mol. The first-order valence-corrected chi connectivity index (χ1v) is 5.98. The molecule has 1 heterocycles. The molecule has 0 spiro atoms. The quantitative estimate of drug-likeness (QED) is 0.495. The van der Waals surface area contributed by atoms with Gasteiger partial charge in [-0.3, -0.25) is 0 Å². The first kappa shape index (κ1) is 13.5. The van der Waals surface area contributed by atoms with Crippen molar-refractivity contribution < 1.29 is 19.0 Å². The smallest absolute Gasteiger partial charge is 0.341 e. The van der Waals surface area contributed by atoms with E-state index in [4.69, 9.17) is 14.2 Å². The third-order valence-corrected chi connectivity index (χ3v) is 3.22. The molecule has 0 radical (unpaired) electrons. The summed E-state index contributed by atoms with van der Waals surface area (Å²) in [5.41, 5.74) is -1.23. The lowest BCUT2D eigenvalue weighted by Gasteiger charge is -2.16. The molecule has 0 aliphatic carbocycles. The molecule has 1 aliphatic rings. The Morgan fingerprint density at radius 3 is 2.44 bits per heavy atom. The highest BCUT2D eigenvalue weighted by Crippen LogP contribution is 2.54. The fraction of sp³-hybridized carbons (Fsp3) is 0.917. The third kappa shape index (κ3) is 1.96. The maximum absolute atomic E-state index is 12.0. The second-order valence-electron chi connectivity index (χ2n) is 4.18. The molecule has 4 nitrogen and oxygen atoms in total. The van der Waals surface area contributed by atoms with Crippen molar-refractivity contribution in [3.05, 3.63) is 0 Å². The summed E-state index contributed by atoms with van der Waals surface area (Å²) in [5.74, 6) is -0.240. The van der Waals surface area contributed by atoms with E-state index in [1.807, 2.05) is 20.8 Å². The monoisotopic (exact) mass is 230 g/mol. The van der Waals surface area contributed by atoms with Crippen LogP contribution in [-0.2, 0) is 19.0 Å². The van der Waals surface area contributed by atoms with E-state index < -0.39 is 11.2 Å². The van der Waals surface area contributed by atoms with E-state index in [0.29, 0.717) is 19.6 Å². The maximum atomic E-state index is 12.0. The van der Waals surface area contributed by atoms with Crippen LogP contribution in [0.2, 0.25) is 0 Å². The number of esters is 1. The first-order chi connectivity index (χ1) is 7.62. The van der Waals surface area contributed by atoms with Crippen molar-refractivity contribution in [2.75, 3.05) is 20.3 Å². The van der Waals surface area contributed by atoms with Crippen molar-refractivity contribution in [3.63, 3.8) is 0 Å². The molecule has 0 bridgehead atoms. The predicted molar refractivity (Wildman–Crippen MR) is 60.3 cm³/mol. The molecular formula is C12H22O4. The van der Waals surface area contributed by atoms with E-state index >= 15 is 0 Å². The lowest BCUT2D eigenvalue weighted by Crippen LogP contribution is -2.38. The molecule has 0 aromatic heterocycles. The van der Waals surface area contributed by atoms with E-state index in [2.05, 4.69) is 0 Å². The van der Waals surface area contributed by atoms with E-state index in [0.717, 1.165) is 12.8 Å². The summed E-state index contributed by atoms with van der Waals surface area (Å²) < 4.78 is 16.0. The minimum absolute atomic E-state index is 0.240. The molecular weight excluding hydrogens is 208 g/mol. The molecule has 1 aliphatic heterocycles. The van der Waals surface area contributed by atoms with E-state index in [9.17, 15) is 4.79 Å². The Balaban J connectivity index is 2.81. The third-order valence-electron chi connectivity index (χ3n) is 3.22. The second-order valence-corrected chi connectivity index (χ2v) is 4.18. The maximum Gasteiger partial charge on any atom is 0.341 e. The minimum atomic E-state index is -0.761. The van der Waals surface area contributed by atoms with Crippen LogP contribution in [0.5, 0.6) is 0 Å². The lowest BCUT2D eigenvalue weighted by atomic mass is 9.87. The van der Waals surface area contributed by atoms with Crippen LogP contribution in [-0.4, -0.2) is 37.5 Å². The van der Waals surface area contributed by atoms with E-state index in [1.54, 1.807) is 7.11 Å². The van der Waals surface area contributed by atoms with E-state index in [-0.39, 0.29) is 5.97 Å². The Kier molecular flexibility index (Phi) is 4.33. The van der Waals surface area contributed by atoms with Crippen LogP contribution >= 0.6 is 0 Å². The predicted octanol–water partition coefficient (Wildman–Crippen LogP) is 1.91. The SMILES string of the molecule is CCCC1(C(=O)OCC)OC1(CC)COC. The molecule has 0 saturated carbocycles. The van der Waals surface area contributed by atoms with Crippen LogP contribution in [0.1, 0.15) is 40.0 Å². The summed E-state index contributed by atoms with van der Waals surface area (Å²) in [6.45, 7) is 6.69. The van der Waals surface area contributed by atoms with Crippen LogP contribution in [0, 0.1) is 0 Å². The number of carbonyl (C=O) groups excluding carboxylic acids is 1. The number of ether oxygens (including phenoxy) is 3. The number of methoxy groups -OCH3 is 1. The molecule has 1 fully saturated rings. The van der Waals surface area contributed by atoms with Crippen molar-refractivity contribution in [3.8, 4) is 0 Å². The molecule has 16 heavy (non-hydrogen) atoms. The number of epoxide rings is 1. The molecule has 2 atom stereocenters. The minimum Gasteiger partial charge on any atom is -0.464 e. The molecule has 94 valence electrons. The zero-order valence-corrected chi connectivity index (χ0v) is 10.7. The van der Waals surface area contributed by atoms with Crippen molar-refractivity contribution in [1.82, 2.24) is 0 Å². The van der Waals surface area contributed by atoms with Crippen molar-refractivity contribution in [2.45, 2.75) is 51.2 Å². The van der Waals surface area contributed by atoms with Crippen molar-refractivity contribution >= 4 is 5.97 Å². The van der Waals surface area contributed by atoms with Gasteiger partial charge in [-0.1, -0.05) is 20.3 Å². The molecule has 4 heteroatoms.